The topological polar surface area (TPSA) is 102 Å². The molecule has 37 heavy (non-hydrogen) atoms. The molecule has 0 radical (unpaired) electrons. The molecule has 2 aromatic rings. The molecule has 0 saturated carbocycles. The molecule has 1 aromatic heterocycles. The molecule has 8 heteroatoms. The molecule has 0 spiro atoms. The maximum absolute atomic E-state index is 12.5. The van der Waals surface area contributed by atoms with Crippen molar-refractivity contribution in [1.29, 1.82) is 0 Å². The normalized spacial score (nSPS) is 17.2. The number of aromatic nitrogens is 1. The van der Waals surface area contributed by atoms with Gasteiger partial charge in [-0.15, -0.1) is 0 Å². The second kappa shape index (κ2) is 14.5. The minimum absolute atomic E-state index is 0.00837. The fourth-order valence-electron chi connectivity index (χ4n) is 4.64. The zero-order chi connectivity index (χ0) is 26.6. The summed E-state index contributed by atoms with van der Waals surface area (Å²) in [6.45, 7) is 11.6. The highest BCUT2D eigenvalue weighted by atomic mass is 16.5. The van der Waals surface area contributed by atoms with E-state index in [1.807, 2.05) is 26.1 Å². The summed E-state index contributed by atoms with van der Waals surface area (Å²) in [5.41, 5.74) is 5.43. The van der Waals surface area contributed by atoms with Crippen LogP contribution in [-0.2, 0) is 22.6 Å². The van der Waals surface area contributed by atoms with Gasteiger partial charge in [-0.3, -0.25) is 19.7 Å². The molecular weight excluding hydrogens is 466 g/mol. The van der Waals surface area contributed by atoms with Crippen LogP contribution in [0.3, 0.4) is 0 Å². The van der Waals surface area contributed by atoms with Crippen LogP contribution in [0.2, 0.25) is 0 Å². The smallest absolute Gasteiger partial charge is 0.306 e. The third kappa shape index (κ3) is 8.39. The van der Waals surface area contributed by atoms with Crippen LogP contribution >= 0.6 is 0 Å². The first-order valence-corrected chi connectivity index (χ1v) is 13.3. The third-order valence-electron chi connectivity index (χ3n) is 6.76. The molecule has 200 valence electrons. The number of carbonyl (C=O) groups is 1. The van der Waals surface area contributed by atoms with E-state index in [4.69, 9.17) is 15.3 Å². The highest BCUT2D eigenvalue weighted by molar-refractivity contribution is 6.30. The predicted octanol–water partition coefficient (Wildman–Crippen LogP) is 4.79. The average Bonchev–Trinajstić information content (AvgIpc) is 3.08. The second-order valence-electron chi connectivity index (χ2n) is 9.48. The van der Waals surface area contributed by atoms with Crippen LogP contribution in [0.4, 0.5) is 0 Å². The number of aryl methyl sites for hydroxylation is 1. The Morgan fingerprint density at radius 3 is 2.89 bits per heavy atom. The maximum atomic E-state index is 12.5. The van der Waals surface area contributed by atoms with Gasteiger partial charge in [0, 0.05) is 50.4 Å². The van der Waals surface area contributed by atoms with Crippen LogP contribution in [0.15, 0.2) is 46.8 Å². The lowest BCUT2D eigenvalue weighted by Crippen LogP contribution is -2.32. The van der Waals surface area contributed by atoms with Crippen molar-refractivity contribution in [3.63, 3.8) is 0 Å². The Labute approximate surface area is 221 Å². The van der Waals surface area contributed by atoms with Crippen LogP contribution in [0.25, 0.3) is 0 Å². The Morgan fingerprint density at radius 2 is 2.16 bits per heavy atom. The molecule has 0 fully saturated rings. The van der Waals surface area contributed by atoms with Gasteiger partial charge in [-0.1, -0.05) is 25.1 Å². The minimum atomic E-state index is -0.192. The van der Waals surface area contributed by atoms with E-state index >= 15 is 0 Å². The molecule has 8 nitrogen and oxygen atoms in total. The van der Waals surface area contributed by atoms with Gasteiger partial charge in [-0.25, -0.2) is 0 Å². The summed E-state index contributed by atoms with van der Waals surface area (Å²) in [7, 11) is 0. The van der Waals surface area contributed by atoms with E-state index in [-0.39, 0.29) is 18.0 Å². The number of nitrogens with zero attached hydrogens (tertiary/aromatic N) is 4. The number of hydrogen-bond donors (Lipinski definition) is 1. The molecule has 1 aliphatic rings. The van der Waals surface area contributed by atoms with Crippen molar-refractivity contribution in [2.75, 3.05) is 19.7 Å². The average molecular weight is 508 g/mol. The van der Waals surface area contributed by atoms with Crippen molar-refractivity contribution >= 4 is 17.9 Å². The van der Waals surface area contributed by atoms with Gasteiger partial charge in [-0.2, -0.15) is 5.10 Å². The summed E-state index contributed by atoms with van der Waals surface area (Å²) in [5.74, 6) is 6.31. The summed E-state index contributed by atoms with van der Waals surface area (Å²) in [4.78, 5) is 23.5. The minimum Gasteiger partial charge on any atom is -0.489 e. The van der Waals surface area contributed by atoms with Gasteiger partial charge in [0.2, 0.25) is 0 Å². The highest BCUT2D eigenvalue weighted by Crippen LogP contribution is 2.30. The lowest BCUT2D eigenvalue weighted by atomic mass is 9.88. The highest BCUT2D eigenvalue weighted by Gasteiger charge is 2.24. The molecule has 0 saturated heterocycles. The Balaban J connectivity index is 1.83. The van der Waals surface area contributed by atoms with Crippen molar-refractivity contribution in [1.82, 2.24) is 9.88 Å². The maximum Gasteiger partial charge on any atom is 0.306 e. The molecule has 2 atom stereocenters. The van der Waals surface area contributed by atoms with Crippen LogP contribution in [0.1, 0.15) is 74.6 Å². The first kappa shape index (κ1) is 28.3. The SMILES string of the molecule is CCN=CC(CCC(CC(=O)OCC)c1ccc(C)c(CN2Cc3cnccc3O[C@H](CC)C2)c1)=NN. The van der Waals surface area contributed by atoms with Crippen LogP contribution in [0.5, 0.6) is 5.75 Å². The molecule has 0 amide bonds. The lowest BCUT2D eigenvalue weighted by molar-refractivity contribution is -0.143. The molecule has 0 aliphatic carbocycles. The van der Waals surface area contributed by atoms with Gasteiger partial charge >= 0.3 is 5.97 Å². The van der Waals surface area contributed by atoms with E-state index in [0.717, 1.165) is 55.1 Å². The van der Waals surface area contributed by atoms with E-state index < -0.39 is 0 Å². The zero-order valence-electron chi connectivity index (χ0n) is 22.7. The van der Waals surface area contributed by atoms with E-state index in [1.165, 1.54) is 11.1 Å². The van der Waals surface area contributed by atoms with Crippen molar-refractivity contribution in [2.45, 2.75) is 78.5 Å². The second-order valence-corrected chi connectivity index (χ2v) is 9.48. The van der Waals surface area contributed by atoms with E-state index in [2.05, 4.69) is 52.0 Å². The molecular formula is C29H41N5O3. The van der Waals surface area contributed by atoms with Gasteiger partial charge in [0.05, 0.1) is 18.7 Å². The number of nitrogens with two attached hydrogens (primary N) is 1. The van der Waals surface area contributed by atoms with Gasteiger partial charge in [0.15, 0.2) is 0 Å². The van der Waals surface area contributed by atoms with Gasteiger partial charge in [0.25, 0.3) is 0 Å². The van der Waals surface area contributed by atoms with Crippen LogP contribution < -0.4 is 10.6 Å². The molecule has 2 heterocycles. The Bertz CT molecular complexity index is 1080. The van der Waals surface area contributed by atoms with E-state index in [1.54, 1.807) is 12.4 Å². The lowest BCUT2D eigenvalue weighted by Gasteiger charge is -2.25. The number of rotatable bonds is 12. The molecule has 1 aliphatic heterocycles. The summed E-state index contributed by atoms with van der Waals surface area (Å²) >= 11 is 0. The van der Waals surface area contributed by atoms with E-state index in [0.29, 0.717) is 26.0 Å². The van der Waals surface area contributed by atoms with Gasteiger partial charge < -0.3 is 15.3 Å². The van der Waals surface area contributed by atoms with E-state index in [9.17, 15) is 4.79 Å². The van der Waals surface area contributed by atoms with Crippen LogP contribution in [-0.4, -0.2) is 53.6 Å². The Morgan fingerprint density at radius 1 is 1.32 bits per heavy atom. The number of hydrazone groups is 1. The van der Waals surface area contributed by atoms with Gasteiger partial charge in [0.1, 0.15) is 11.9 Å². The number of ether oxygens (including phenoxy) is 2. The summed E-state index contributed by atoms with van der Waals surface area (Å²) in [5, 5.41) is 3.89. The molecule has 3 rings (SSSR count). The molecule has 1 aromatic carbocycles. The first-order valence-electron chi connectivity index (χ1n) is 13.3. The van der Waals surface area contributed by atoms with Crippen molar-refractivity contribution in [3.05, 3.63) is 58.9 Å². The fourth-order valence-corrected chi connectivity index (χ4v) is 4.64. The van der Waals surface area contributed by atoms with Crippen molar-refractivity contribution in [3.8, 4) is 5.75 Å². The van der Waals surface area contributed by atoms with Crippen LogP contribution in [0, 0.1) is 6.92 Å². The number of hydrogen-bond acceptors (Lipinski definition) is 8. The number of carbonyl (C=O) groups excluding carboxylic acids is 1. The fraction of sp³-hybridized carbons (Fsp3) is 0.517. The number of benzene rings is 1. The number of aliphatic imine (C=N–C) groups is 1. The standard InChI is InChI=1S/C29H41N5O3/c1-5-27-20-34(19-25-16-32-13-12-28(25)37-27)18-24-14-22(9-8-21(24)4)23(15-29(35)36-7-3)10-11-26(33-30)17-31-6-2/h8-9,12-14,16-17,23,27H,5-7,10-11,15,18-20,30H2,1-4H3/t23?,27-/m1/s1. The quantitative estimate of drug-likeness (QED) is 0.192. The summed E-state index contributed by atoms with van der Waals surface area (Å²) in [6, 6.07) is 8.48. The van der Waals surface area contributed by atoms with Gasteiger partial charge in [-0.05, 0) is 68.7 Å². The number of esters is 1. The van der Waals surface area contributed by atoms with Crippen molar-refractivity contribution < 1.29 is 14.3 Å². The van der Waals surface area contributed by atoms with Crippen molar-refractivity contribution in [2.24, 2.45) is 15.9 Å². The predicted molar refractivity (Wildman–Crippen MR) is 148 cm³/mol. The third-order valence-corrected chi connectivity index (χ3v) is 6.76. The Hall–Kier alpha value is -3.26. The molecule has 0 bridgehead atoms. The summed E-state index contributed by atoms with van der Waals surface area (Å²) in [6.07, 6.45) is 8.15. The molecule has 2 N–H and O–H groups in total. The monoisotopic (exact) mass is 507 g/mol. The number of fused-ring (bicyclic) bond motifs is 1. The Kier molecular flexibility index (Phi) is 11.1. The largest absolute Gasteiger partial charge is 0.489 e. The number of pyridine rings is 1. The zero-order valence-corrected chi connectivity index (χ0v) is 22.7. The molecule has 1 unspecified atom stereocenters. The summed E-state index contributed by atoms with van der Waals surface area (Å²) < 4.78 is 11.6. The first-order chi connectivity index (χ1) is 18.0.